The third-order valence-electron chi connectivity index (χ3n) is 11.0. The first-order valence-electron chi connectivity index (χ1n) is 19.4. The van der Waals surface area contributed by atoms with Crippen molar-refractivity contribution in [2.75, 3.05) is 43.5 Å². The molecule has 14 nitrogen and oxygen atoms in total. The first-order valence-corrected chi connectivity index (χ1v) is 19.4. The Bertz CT molecular complexity index is 2320. The molecule has 16 heteroatoms. The van der Waals surface area contributed by atoms with Crippen LogP contribution in [0, 0.1) is 23.0 Å². The van der Waals surface area contributed by atoms with Gasteiger partial charge in [0.1, 0.15) is 52.2 Å². The molecule has 4 aliphatic rings. The van der Waals surface area contributed by atoms with Gasteiger partial charge in [-0.2, -0.15) is 15.2 Å². The molecule has 3 fully saturated rings. The van der Waals surface area contributed by atoms with E-state index in [2.05, 4.69) is 20.1 Å². The number of nitrogens with zero attached hydrogens (tertiary/aromatic N) is 6. The molecule has 2 aromatic carbocycles. The number of benzene rings is 2. The van der Waals surface area contributed by atoms with Crippen molar-refractivity contribution in [2.45, 2.75) is 110 Å². The molecular formula is C41H47F2N7O7. The molecule has 3 saturated heterocycles. The van der Waals surface area contributed by atoms with E-state index in [9.17, 15) is 14.9 Å². The van der Waals surface area contributed by atoms with E-state index >= 15 is 8.78 Å². The summed E-state index contributed by atoms with van der Waals surface area (Å²) in [4.78, 5) is 41.7. The van der Waals surface area contributed by atoms with Gasteiger partial charge in [0, 0.05) is 42.3 Å². The van der Waals surface area contributed by atoms with E-state index in [0.717, 1.165) is 38.3 Å². The maximum absolute atomic E-state index is 17.8. The quantitative estimate of drug-likeness (QED) is 0.204. The van der Waals surface area contributed by atoms with Crippen molar-refractivity contribution in [3.05, 3.63) is 40.5 Å². The van der Waals surface area contributed by atoms with Crippen molar-refractivity contribution in [2.24, 2.45) is 0 Å². The number of hydrogen-bond acceptors (Lipinski definition) is 12. The summed E-state index contributed by atoms with van der Waals surface area (Å²) in [6.07, 6.45) is 2.21. The zero-order valence-electron chi connectivity index (χ0n) is 33.3. The minimum atomic E-state index is -0.882. The highest BCUT2D eigenvalue weighted by atomic mass is 19.1. The lowest BCUT2D eigenvalue weighted by molar-refractivity contribution is 0.0209. The predicted octanol–water partition coefficient (Wildman–Crippen LogP) is 7.63. The third-order valence-corrected chi connectivity index (χ3v) is 11.0. The number of halogens is 2. The number of likely N-dealkylation sites (N-methyl/N-ethyl adjacent to an activating group) is 1. The summed E-state index contributed by atoms with van der Waals surface area (Å²) >= 11 is 0. The second-order valence-electron chi connectivity index (χ2n) is 17.3. The number of piperazine rings is 1. The zero-order chi connectivity index (χ0) is 40.6. The second kappa shape index (κ2) is 14.3. The van der Waals surface area contributed by atoms with Gasteiger partial charge in [-0.05, 0) is 104 Å². The number of ether oxygens (including phenoxy) is 4. The lowest BCUT2D eigenvalue weighted by Crippen LogP contribution is -2.56. The predicted molar refractivity (Wildman–Crippen MR) is 206 cm³/mol. The maximum atomic E-state index is 17.8. The molecule has 302 valence electrons. The Hall–Kier alpha value is -5.27. The number of carbonyl (C=O) groups is 2. The van der Waals surface area contributed by atoms with E-state index in [1.807, 2.05) is 33.9 Å². The van der Waals surface area contributed by atoms with E-state index in [-0.39, 0.29) is 83.0 Å². The molecule has 0 saturated carbocycles. The fourth-order valence-corrected chi connectivity index (χ4v) is 8.59. The highest BCUT2D eigenvalue weighted by molar-refractivity contribution is 6.07. The van der Waals surface area contributed by atoms with Gasteiger partial charge in [0.2, 0.25) is 5.88 Å². The Labute approximate surface area is 329 Å². The van der Waals surface area contributed by atoms with Crippen molar-refractivity contribution in [3.8, 4) is 23.2 Å². The van der Waals surface area contributed by atoms with Crippen LogP contribution >= 0.6 is 0 Å². The monoisotopic (exact) mass is 787 g/mol. The Morgan fingerprint density at radius 3 is 2.32 bits per heavy atom. The Morgan fingerprint density at radius 1 is 0.965 bits per heavy atom. The number of furan rings is 1. The SMILES string of the molecule is CN1CCCC1COc1nc(N2C3CCC2CN(C(=O)OC(C)(C)C)C3)c2c3c(c(-c4c(F)ccc5oc(NC(=O)OC(C)(C)C)c(C#N)c45)c(F)c2n1)COC3. The van der Waals surface area contributed by atoms with Gasteiger partial charge in [-0.15, -0.1) is 0 Å². The molecule has 2 aromatic heterocycles. The molecule has 4 aromatic rings. The summed E-state index contributed by atoms with van der Waals surface area (Å²) in [5.74, 6) is -1.47. The highest BCUT2D eigenvalue weighted by Gasteiger charge is 2.45. The minimum Gasteiger partial charge on any atom is -0.462 e. The van der Waals surface area contributed by atoms with Gasteiger partial charge >= 0.3 is 18.2 Å². The summed E-state index contributed by atoms with van der Waals surface area (Å²) in [6, 6.07) is 4.25. The van der Waals surface area contributed by atoms with E-state index < -0.39 is 35.0 Å². The number of aromatic nitrogens is 2. The van der Waals surface area contributed by atoms with Crippen LogP contribution in [0.5, 0.6) is 6.01 Å². The molecule has 2 amide bonds. The van der Waals surface area contributed by atoms with Gasteiger partial charge in [0.15, 0.2) is 5.82 Å². The average Bonchev–Trinajstić information content (AvgIpc) is 3.91. The Balaban J connectivity index is 1.29. The molecule has 3 unspecified atom stereocenters. The fraction of sp³-hybridized carbons (Fsp3) is 0.537. The normalized spacial score (nSPS) is 20.9. The molecule has 0 radical (unpaired) electrons. The van der Waals surface area contributed by atoms with Gasteiger partial charge in [-0.25, -0.2) is 18.4 Å². The number of carbonyl (C=O) groups excluding carboxylic acids is 2. The van der Waals surface area contributed by atoms with Crippen LogP contribution in [-0.2, 0) is 27.4 Å². The van der Waals surface area contributed by atoms with Crippen LogP contribution in [0.25, 0.3) is 33.0 Å². The molecule has 0 spiro atoms. The standard InChI is InChI=1S/C41H47F2N7O7/c1-40(2,3)56-38(51)47-36-24(15-44)29-28(55-36)13-12-27(42)32(29)30-25-19-53-20-26(25)31-34(33(30)43)45-37(54-18-23-9-8-14-48(23)7)46-35(31)50-21-10-11-22(50)17-49(16-21)39(52)57-41(4,5)6/h12-13,21-23H,8-11,14,16-20H2,1-7H3,(H,47,51). The van der Waals surface area contributed by atoms with Gasteiger partial charge < -0.3 is 38.1 Å². The number of rotatable bonds is 6. The van der Waals surface area contributed by atoms with Crippen LogP contribution in [0.2, 0.25) is 0 Å². The number of likely N-dealkylation sites (tertiary alicyclic amines) is 2. The zero-order valence-corrected chi connectivity index (χ0v) is 33.3. The van der Waals surface area contributed by atoms with Crippen LogP contribution in [0.3, 0.4) is 0 Å². The smallest absolute Gasteiger partial charge is 0.414 e. The molecular weight excluding hydrogens is 740 g/mol. The Morgan fingerprint density at radius 2 is 1.67 bits per heavy atom. The summed E-state index contributed by atoms with van der Waals surface area (Å²) < 4.78 is 63.3. The van der Waals surface area contributed by atoms with Crippen LogP contribution in [0.15, 0.2) is 16.5 Å². The van der Waals surface area contributed by atoms with Crippen molar-refractivity contribution >= 4 is 45.8 Å². The lowest BCUT2D eigenvalue weighted by atomic mass is 9.90. The molecule has 1 N–H and O–H groups in total. The van der Waals surface area contributed by atoms with Crippen LogP contribution in [0.1, 0.15) is 83.9 Å². The second-order valence-corrected chi connectivity index (χ2v) is 17.3. The Kier molecular flexibility index (Phi) is 9.67. The lowest BCUT2D eigenvalue weighted by Gasteiger charge is -2.42. The van der Waals surface area contributed by atoms with Crippen molar-refractivity contribution in [1.29, 1.82) is 5.26 Å². The number of nitriles is 1. The first-order chi connectivity index (χ1) is 27.0. The molecule has 4 aliphatic heterocycles. The topological polar surface area (TPSA) is 156 Å². The number of anilines is 2. The van der Waals surface area contributed by atoms with Gasteiger partial charge in [-0.3, -0.25) is 5.32 Å². The molecule has 0 aliphatic carbocycles. The van der Waals surface area contributed by atoms with E-state index in [1.54, 1.807) is 25.7 Å². The van der Waals surface area contributed by atoms with Gasteiger partial charge in [-0.1, -0.05) is 0 Å². The van der Waals surface area contributed by atoms with E-state index in [4.69, 9.17) is 28.3 Å². The molecule has 57 heavy (non-hydrogen) atoms. The summed E-state index contributed by atoms with van der Waals surface area (Å²) in [5.41, 5.74) is -1.16. The molecule has 8 rings (SSSR count). The minimum absolute atomic E-state index is 0.0257. The molecule has 6 heterocycles. The van der Waals surface area contributed by atoms with Crippen LogP contribution in [-0.4, -0.2) is 94.6 Å². The highest BCUT2D eigenvalue weighted by Crippen LogP contribution is 2.48. The van der Waals surface area contributed by atoms with E-state index in [1.165, 1.54) is 6.07 Å². The molecule has 2 bridgehead atoms. The summed E-state index contributed by atoms with van der Waals surface area (Å²) in [7, 11) is 2.03. The average molecular weight is 788 g/mol. The fourth-order valence-electron chi connectivity index (χ4n) is 8.59. The number of amides is 2. The maximum Gasteiger partial charge on any atom is 0.414 e. The largest absolute Gasteiger partial charge is 0.462 e. The number of fused-ring (bicyclic) bond motifs is 6. The summed E-state index contributed by atoms with van der Waals surface area (Å²) in [5, 5.41) is 13.2. The van der Waals surface area contributed by atoms with Crippen molar-refractivity contribution < 1.29 is 41.7 Å². The van der Waals surface area contributed by atoms with Crippen molar-refractivity contribution in [1.82, 2.24) is 19.8 Å². The van der Waals surface area contributed by atoms with Crippen LogP contribution < -0.4 is 15.0 Å². The number of nitrogens with one attached hydrogen (secondary N) is 1. The summed E-state index contributed by atoms with van der Waals surface area (Å²) in [6.45, 7) is 12.5. The van der Waals surface area contributed by atoms with Gasteiger partial charge in [0.25, 0.3) is 0 Å². The number of hydrogen-bond donors (Lipinski definition) is 1. The molecule has 3 atom stereocenters. The first kappa shape index (κ1) is 38.6. The van der Waals surface area contributed by atoms with Crippen LogP contribution in [0.4, 0.5) is 30.1 Å². The van der Waals surface area contributed by atoms with E-state index in [0.29, 0.717) is 35.4 Å². The van der Waals surface area contributed by atoms with Gasteiger partial charge in [0.05, 0.1) is 24.0 Å². The van der Waals surface area contributed by atoms with Crippen molar-refractivity contribution in [3.63, 3.8) is 0 Å². The third kappa shape index (κ3) is 7.16.